The Hall–Kier alpha value is -4.28. The molecule has 7 rings (SSSR count). The Morgan fingerprint density at radius 3 is 1.92 bits per heavy atom. The summed E-state index contributed by atoms with van der Waals surface area (Å²) in [7, 11) is 0. The van der Waals surface area contributed by atoms with Crippen LogP contribution >= 0.6 is 11.6 Å². The Bertz CT molecular complexity index is 1690. The number of carbonyl (C=O) groups excluding carboxylic acids is 1. The predicted molar refractivity (Wildman–Crippen MR) is 146 cm³/mol. The van der Waals surface area contributed by atoms with Crippen molar-refractivity contribution in [1.29, 1.82) is 0 Å². The summed E-state index contributed by atoms with van der Waals surface area (Å²) >= 11 is 6.62. The highest BCUT2D eigenvalue weighted by Gasteiger charge is 2.55. The maximum absolute atomic E-state index is 14.9. The lowest BCUT2D eigenvalue weighted by atomic mass is 9.70. The molecule has 6 aromatic rings. The third kappa shape index (κ3) is 2.85. The minimum atomic E-state index is -1.08. The number of hydrogen-bond acceptors (Lipinski definition) is 1. The lowest BCUT2D eigenvalue weighted by molar-refractivity contribution is -0.120. The number of rotatable bonds is 4. The summed E-state index contributed by atoms with van der Waals surface area (Å²) in [5.41, 5.74) is 5.59. The number of aromatic amines is 2. The van der Waals surface area contributed by atoms with Gasteiger partial charge in [-0.05, 0) is 35.9 Å². The van der Waals surface area contributed by atoms with E-state index in [1.165, 1.54) is 0 Å². The van der Waals surface area contributed by atoms with Gasteiger partial charge in [-0.3, -0.25) is 4.79 Å². The van der Waals surface area contributed by atoms with Gasteiger partial charge < -0.3 is 14.9 Å². The molecule has 2 N–H and O–H groups in total. The summed E-state index contributed by atoms with van der Waals surface area (Å²) < 4.78 is 0. The van der Waals surface area contributed by atoms with Gasteiger partial charge in [0.1, 0.15) is 5.41 Å². The van der Waals surface area contributed by atoms with Gasteiger partial charge in [0, 0.05) is 61.6 Å². The normalized spacial score (nSPS) is 14.6. The van der Waals surface area contributed by atoms with Crippen LogP contribution in [0.2, 0.25) is 5.02 Å². The Morgan fingerprint density at radius 2 is 1.28 bits per heavy atom. The molecule has 0 atom stereocenters. The van der Waals surface area contributed by atoms with Gasteiger partial charge in [-0.25, -0.2) is 0 Å². The fraction of sp³-hybridized carbons (Fsp3) is 0.0645. The molecule has 0 fully saturated rings. The SMILES string of the molecule is O=C1N(Cc2ccccc2)c2ccc(Cl)cc2C1(c1c[nH]c2ccccc12)c1c[nH]c2ccccc12. The number of hydrogen-bond donors (Lipinski definition) is 2. The van der Waals surface area contributed by atoms with Gasteiger partial charge in [-0.2, -0.15) is 0 Å². The number of halogens is 1. The number of anilines is 1. The van der Waals surface area contributed by atoms with Crippen LogP contribution in [0.3, 0.4) is 0 Å². The van der Waals surface area contributed by atoms with E-state index in [-0.39, 0.29) is 5.91 Å². The first-order valence-electron chi connectivity index (χ1n) is 12.0. The van der Waals surface area contributed by atoms with Crippen molar-refractivity contribution >= 4 is 45.0 Å². The maximum atomic E-state index is 14.9. The molecule has 1 aliphatic rings. The smallest absolute Gasteiger partial charge is 0.247 e. The molecule has 0 aliphatic carbocycles. The molecule has 0 spiro atoms. The molecule has 1 aliphatic heterocycles. The van der Waals surface area contributed by atoms with Crippen molar-refractivity contribution in [2.75, 3.05) is 4.90 Å². The Balaban J connectivity index is 1.59. The fourth-order valence-corrected chi connectivity index (χ4v) is 6.00. The summed E-state index contributed by atoms with van der Waals surface area (Å²) in [4.78, 5) is 23.7. The van der Waals surface area contributed by atoms with E-state index in [4.69, 9.17) is 11.6 Å². The second-order valence-electron chi connectivity index (χ2n) is 9.28. The molecule has 0 saturated heterocycles. The van der Waals surface area contributed by atoms with E-state index in [9.17, 15) is 4.79 Å². The Labute approximate surface area is 213 Å². The molecular weight excluding hydrogens is 466 g/mol. The van der Waals surface area contributed by atoms with Gasteiger partial charge >= 0.3 is 0 Å². The summed E-state index contributed by atoms with van der Waals surface area (Å²) in [6.45, 7) is 0.473. The van der Waals surface area contributed by atoms with E-state index in [2.05, 4.69) is 34.2 Å². The van der Waals surface area contributed by atoms with Crippen molar-refractivity contribution in [2.45, 2.75) is 12.0 Å². The molecule has 3 heterocycles. The number of fused-ring (bicyclic) bond motifs is 3. The summed E-state index contributed by atoms with van der Waals surface area (Å²) in [6.07, 6.45) is 3.97. The van der Waals surface area contributed by atoms with Crippen LogP contribution in [0, 0.1) is 0 Å². The topological polar surface area (TPSA) is 51.9 Å². The minimum absolute atomic E-state index is 0.0122. The molecule has 0 saturated carbocycles. The zero-order chi connectivity index (χ0) is 24.3. The fourth-order valence-electron chi connectivity index (χ4n) is 5.82. The second-order valence-corrected chi connectivity index (χ2v) is 9.72. The van der Waals surface area contributed by atoms with Crippen molar-refractivity contribution in [1.82, 2.24) is 9.97 Å². The molecule has 5 heteroatoms. The maximum Gasteiger partial charge on any atom is 0.247 e. The van der Waals surface area contributed by atoms with E-state index < -0.39 is 5.41 Å². The monoisotopic (exact) mass is 487 g/mol. The average molecular weight is 488 g/mol. The van der Waals surface area contributed by atoms with Gasteiger partial charge in [0.2, 0.25) is 5.91 Å². The lowest BCUT2D eigenvalue weighted by Crippen LogP contribution is -2.41. The van der Waals surface area contributed by atoms with Gasteiger partial charge in [0.05, 0.1) is 6.54 Å². The van der Waals surface area contributed by atoms with Crippen LogP contribution in [0.5, 0.6) is 0 Å². The van der Waals surface area contributed by atoms with Crippen molar-refractivity contribution in [3.63, 3.8) is 0 Å². The van der Waals surface area contributed by atoms with Gasteiger partial charge in [0.25, 0.3) is 0 Å². The number of carbonyl (C=O) groups is 1. The molecule has 174 valence electrons. The first kappa shape index (κ1) is 21.0. The van der Waals surface area contributed by atoms with Crippen molar-refractivity contribution in [2.24, 2.45) is 0 Å². The molecule has 1 amide bonds. The van der Waals surface area contributed by atoms with E-state index in [0.29, 0.717) is 11.6 Å². The van der Waals surface area contributed by atoms with Crippen LogP contribution in [0.25, 0.3) is 21.8 Å². The zero-order valence-electron chi connectivity index (χ0n) is 19.3. The molecule has 36 heavy (non-hydrogen) atoms. The van der Waals surface area contributed by atoms with Crippen LogP contribution in [-0.4, -0.2) is 15.9 Å². The first-order valence-corrected chi connectivity index (χ1v) is 12.3. The number of para-hydroxylation sites is 2. The van der Waals surface area contributed by atoms with Crippen molar-refractivity contribution in [3.05, 3.63) is 137 Å². The van der Waals surface area contributed by atoms with Crippen LogP contribution in [0.15, 0.2) is 109 Å². The lowest BCUT2D eigenvalue weighted by Gasteiger charge is -2.29. The molecule has 0 radical (unpaired) electrons. The highest BCUT2D eigenvalue weighted by Crippen LogP contribution is 2.54. The molecule has 0 unspecified atom stereocenters. The number of nitrogens with one attached hydrogen (secondary N) is 2. The average Bonchev–Trinajstić information content (AvgIpc) is 3.59. The van der Waals surface area contributed by atoms with Gasteiger partial charge in [-0.1, -0.05) is 78.3 Å². The Morgan fingerprint density at radius 1 is 0.694 bits per heavy atom. The minimum Gasteiger partial charge on any atom is -0.361 e. The molecule has 4 nitrogen and oxygen atoms in total. The second kappa shape index (κ2) is 7.87. The van der Waals surface area contributed by atoms with Crippen LogP contribution < -0.4 is 4.90 Å². The molecule has 2 aromatic heterocycles. The number of benzene rings is 4. The molecule has 4 aromatic carbocycles. The standard InChI is InChI=1S/C31H22ClN3O/c32-21-14-15-29-24(16-21)31(25-17-33-27-12-6-4-10-22(25)27,26-18-34-28-13-7-5-11-23(26)28)30(36)35(29)19-20-8-2-1-3-9-20/h1-18,33-34H,19H2. The highest BCUT2D eigenvalue weighted by atomic mass is 35.5. The van der Waals surface area contributed by atoms with Crippen LogP contribution in [0.1, 0.15) is 22.3 Å². The van der Waals surface area contributed by atoms with Crippen LogP contribution in [-0.2, 0) is 16.8 Å². The zero-order valence-corrected chi connectivity index (χ0v) is 20.1. The number of amides is 1. The largest absolute Gasteiger partial charge is 0.361 e. The van der Waals surface area contributed by atoms with E-state index in [1.54, 1.807) is 0 Å². The van der Waals surface area contributed by atoms with Crippen molar-refractivity contribution in [3.8, 4) is 0 Å². The number of H-pyrrole nitrogens is 2. The first-order chi connectivity index (χ1) is 17.7. The van der Waals surface area contributed by atoms with Crippen molar-refractivity contribution < 1.29 is 4.79 Å². The highest BCUT2D eigenvalue weighted by molar-refractivity contribution is 6.31. The third-order valence-corrected chi connectivity index (χ3v) is 7.62. The van der Waals surface area contributed by atoms with Crippen LogP contribution in [0.4, 0.5) is 5.69 Å². The predicted octanol–water partition coefficient (Wildman–Crippen LogP) is 7.18. The summed E-state index contributed by atoms with van der Waals surface area (Å²) in [6, 6.07) is 32.2. The molecular formula is C31H22ClN3O. The number of aromatic nitrogens is 2. The molecule has 0 bridgehead atoms. The van der Waals surface area contributed by atoms with E-state index in [0.717, 1.165) is 49.7 Å². The van der Waals surface area contributed by atoms with Gasteiger partial charge in [0.15, 0.2) is 0 Å². The number of nitrogens with zero attached hydrogens (tertiary/aromatic N) is 1. The van der Waals surface area contributed by atoms with E-state index >= 15 is 0 Å². The third-order valence-electron chi connectivity index (χ3n) is 7.39. The summed E-state index contributed by atoms with van der Waals surface area (Å²) in [5.74, 6) is 0.0122. The van der Waals surface area contributed by atoms with Gasteiger partial charge in [-0.15, -0.1) is 0 Å². The summed E-state index contributed by atoms with van der Waals surface area (Å²) in [5, 5.41) is 2.64. The Kier molecular flexibility index (Phi) is 4.60. The quantitative estimate of drug-likeness (QED) is 0.272. The van der Waals surface area contributed by atoms with E-state index in [1.807, 2.05) is 90.1 Å².